The quantitative estimate of drug-likeness (QED) is 0.863. The van der Waals surface area contributed by atoms with Crippen molar-refractivity contribution in [2.24, 2.45) is 0 Å². The van der Waals surface area contributed by atoms with E-state index < -0.39 is 17.5 Å². The van der Waals surface area contributed by atoms with Crippen LogP contribution in [0.25, 0.3) is 0 Å². The number of hydrogen-bond donors (Lipinski definition) is 1. The van der Waals surface area contributed by atoms with Crippen LogP contribution in [0, 0.1) is 11.6 Å². The highest BCUT2D eigenvalue weighted by atomic mass is 19.1. The number of carbonyl (C=O) groups is 2. The lowest BCUT2D eigenvalue weighted by Gasteiger charge is -2.34. The van der Waals surface area contributed by atoms with Gasteiger partial charge >= 0.3 is 6.03 Å². The molecule has 0 aliphatic carbocycles. The number of nitrogens with zero attached hydrogens (tertiary/aromatic N) is 2. The van der Waals surface area contributed by atoms with Crippen molar-refractivity contribution in [3.63, 3.8) is 0 Å². The smallest absolute Gasteiger partial charge is 0.317 e. The van der Waals surface area contributed by atoms with Gasteiger partial charge in [-0.3, -0.25) is 4.79 Å². The molecule has 7 heteroatoms. The molecule has 118 valence electrons. The number of carbonyl (C=O) groups excluding carboxylic acids is 2. The van der Waals surface area contributed by atoms with Gasteiger partial charge in [0.25, 0.3) is 5.91 Å². The minimum atomic E-state index is -0.879. The van der Waals surface area contributed by atoms with Crippen LogP contribution in [0.5, 0.6) is 0 Å². The molecule has 0 spiro atoms. The van der Waals surface area contributed by atoms with Crippen LogP contribution in [0.2, 0.25) is 0 Å². The Morgan fingerprint density at radius 1 is 1.18 bits per heavy atom. The van der Waals surface area contributed by atoms with Crippen molar-refractivity contribution in [1.29, 1.82) is 0 Å². The lowest BCUT2D eigenvalue weighted by molar-refractivity contribution is 0.0661. The standard InChI is InChI=1S/C15H17F2N3O2/c1-2-5-18-15(22)20-8-6-19(7-9-20)14(21)12-4-3-11(16)10-13(12)17/h2-4,10H,1,5-9H2,(H,18,22). The summed E-state index contributed by atoms with van der Waals surface area (Å²) in [6.07, 6.45) is 1.58. The first-order valence-corrected chi connectivity index (χ1v) is 6.91. The molecule has 1 fully saturated rings. The zero-order valence-electron chi connectivity index (χ0n) is 12.0. The number of piperazine rings is 1. The van der Waals surface area contributed by atoms with Crippen molar-refractivity contribution in [3.8, 4) is 0 Å². The van der Waals surface area contributed by atoms with Gasteiger partial charge < -0.3 is 15.1 Å². The highest BCUT2D eigenvalue weighted by molar-refractivity contribution is 5.94. The average molecular weight is 309 g/mol. The summed E-state index contributed by atoms with van der Waals surface area (Å²) in [7, 11) is 0. The van der Waals surface area contributed by atoms with Gasteiger partial charge in [-0.15, -0.1) is 6.58 Å². The predicted octanol–water partition coefficient (Wildman–Crippen LogP) is 1.62. The van der Waals surface area contributed by atoms with Gasteiger partial charge in [-0.1, -0.05) is 6.08 Å². The molecule has 1 saturated heterocycles. The molecular formula is C15H17F2N3O2. The molecule has 3 amide bonds. The fourth-order valence-corrected chi connectivity index (χ4v) is 2.22. The molecule has 1 heterocycles. The van der Waals surface area contributed by atoms with E-state index in [1.807, 2.05) is 0 Å². The Balaban J connectivity index is 1.95. The van der Waals surface area contributed by atoms with Crippen LogP contribution in [0.1, 0.15) is 10.4 Å². The topological polar surface area (TPSA) is 52.7 Å². The Morgan fingerprint density at radius 3 is 2.41 bits per heavy atom. The normalized spacial score (nSPS) is 14.6. The maximum Gasteiger partial charge on any atom is 0.317 e. The van der Waals surface area contributed by atoms with Crippen LogP contribution >= 0.6 is 0 Å². The third-order valence-corrected chi connectivity index (χ3v) is 3.41. The van der Waals surface area contributed by atoms with E-state index in [2.05, 4.69) is 11.9 Å². The summed E-state index contributed by atoms with van der Waals surface area (Å²) in [5.41, 5.74) is -0.161. The van der Waals surface area contributed by atoms with Gasteiger partial charge in [0, 0.05) is 38.8 Å². The van der Waals surface area contributed by atoms with Gasteiger partial charge in [0.05, 0.1) is 5.56 Å². The molecule has 1 aromatic carbocycles. The van der Waals surface area contributed by atoms with E-state index in [0.29, 0.717) is 38.8 Å². The molecule has 1 aromatic rings. The predicted molar refractivity (Wildman–Crippen MR) is 77.4 cm³/mol. The number of amides is 3. The van der Waals surface area contributed by atoms with Crippen LogP contribution in [-0.2, 0) is 0 Å². The molecule has 0 unspecified atom stereocenters. The lowest BCUT2D eigenvalue weighted by Crippen LogP contribution is -2.53. The molecule has 0 saturated carbocycles. The van der Waals surface area contributed by atoms with Gasteiger partial charge in [0.1, 0.15) is 11.6 Å². The van der Waals surface area contributed by atoms with Gasteiger partial charge in [-0.05, 0) is 12.1 Å². The molecule has 22 heavy (non-hydrogen) atoms. The Kier molecular flexibility index (Phi) is 5.08. The molecule has 2 rings (SSSR count). The van der Waals surface area contributed by atoms with E-state index in [1.165, 1.54) is 4.90 Å². The van der Waals surface area contributed by atoms with Crippen molar-refractivity contribution in [2.45, 2.75) is 0 Å². The van der Waals surface area contributed by atoms with Crippen molar-refractivity contribution in [2.75, 3.05) is 32.7 Å². The van der Waals surface area contributed by atoms with Crippen LogP contribution in [0.3, 0.4) is 0 Å². The summed E-state index contributed by atoms with van der Waals surface area (Å²) < 4.78 is 26.5. The summed E-state index contributed by atoms with van der Waals surface area (Å²) in [6, 6.07) is 2.65. The number of hydrogen-bond acceptors (Lipinski definition) is 2. The first-order chi connectivity index (χ1) is 10.5. The molecule has 1 N–H and O–H groups in total. The zero-order chi connectivity index (χ0) is 16.1. The van der Waals surface area contributed by atoms with E-state index in [0.717, 1.165) is 12.1 Å². The minimum absolute atomic E-state index is 0.161. The van der Waals surface area contributed by atoms with Crippen LogP contribution in [0.4, 0.5) is 13.6 Å². The second-order valence-electron chi connectivity index (χ2n) is 4.88. The van der Waals surface area contributed by atoms with Gasteiger partial charge in [-0.2, -0.15) is 0 Å². The third kappa shape index (κ3) is 3.60. The first-order valence-electron chi connectivity index (χ1n) is 6.91. The van der Waals surface area contributed by atoms with E-state index in [9.17, 15) is 18.4 Å². The van der Waals surface area contributed by atoms with E-state index in [-0.39, 0.29) is 11.6 Å². The fourth-order valence-electron chi connectivity index (χ4n) is 2.22. The average Bonchev–Trinajstić information content (AvgIpc) is 2.52. The SMILES string of the molecule is C=CCNC(=O)N1CCN(C(=O)c2ccc(F)cc2F)CC1. The molecule has 0 bridgehead atoms. The monoisotopic (exact) mass is 309 g/mol. The summed E-state index contributed by atoms with van der Waals surface area (Å²) in [5.74, 6) is -2.10. The fraction of sp³-hybridized carbons (Fsp3) is 0.333. The van der Waals surface area contributed by atoms with Crippen molar-refractivity contribution < 1.29 is 18.4 Å². The van der Waals surface area contributed by atoms with Crippen molar-refractivity contribution in [1.82, 2.24) is 15.1 Å². The number of nitrogens with one attached hydrogen (secondary N) is 1. The largest absolute Gasteiger partial charge is 0.335 e. The lowest BCUT2D eigenvalue weighted by atomic mass is 10.1. The van der Waals surface area contributed by atoms with Gasteiger partial charge in [-0.25, -0.2) is 13.6 Å². The van der Waals surface area contributed by atoms with Crippen molar-refractivity contribution >= 4 is 11.9 Å². The Hall–Kier alpha value is -2.44. The summed E-state index contributed by atoms with van der Waals surface area (Å²) >= 11 is 0. The molecule has 1 aliphatic heterocycles. The van der Waals surface area contributed by atoms with Crippen LogP contribution < -0.4 is 5.32 Å². The molecule has 0 radical (unpaired) electrons. The molecule has 0 atom stereocenters. The molecule has 5 nitrogen and oxygen atoms in total. The summed E-state index contributed by atoms with van der Waals surface area (Å²) in [4.78, 5) is 27.0. The van der Waals surface area contributed by atoms with Crippen LogP contribution in [-0.4, -0.2) is 54.5 Å². The highest BCUT2D eigenvalue weighted by Gasteiger charge is 2.26. The number of rotatable bonds is 3. The number of urea groups is 1. The minimum Gasteiger partial charge on any atom is -0.335 e. The Morgan fingerprint density at radius 2 is 1.82 bits per heavy atom. The maximum atomic E-state index is 13.6. The second kappa shape index (κ2) is 7.02. The van der Waals surface area contributed by atoms with Gasteiger partial charge in [0.2, 0.25) is 0 Å². The third-order valence-electron chi connectivity index (χ3n) is 3.41. The second-order valence-corrected chi connectivity index (χ2v) is 4.88. The zero-order valence-corrected chi connectivity index (χ0v) is 12.0. The van der Waals surface area contributed by atoms with E-state index in [1.54, 1.807) is 11.0 Å². The Labute approximate surface area is 127 Å². The summed E-state index contributed by atoms with van der Waals surface area (Å²) in [6.45, 7) is 5.21. The summed E-state index contributed by atoms with van der Waals surface area (Å²) in [5, 5.41) is 2.66. The van der Waals surface area contributed by atoms with Crippen LogP contribution in [0.15, 0.2) is 30.9 Å². The first kappa shape index (κ1) is 15.9. The number of halogens is 2. The van der Waals surface area contributed by atoms with Crippen molar-refractivity contribution in [3.05, 3.63) is 48.1 Å². The number of benzene rings is 1. The molecule has 1 aliphatic rings. The van der Waals surface area contributed by atoms with Gasteiger partial charge in [0.15, 0.2) is 0 Å². The Bertz CT molecular complexity index is 584. The van der Waals surface area contributed by atoms with E-state index in [4.69, 9.17) is 0 Å². The van der Waals surface area contributed by atoms with E-state index >= 15 is 0 Å². The molecular weight excluding hydrogens is 292 g/mol. The molecule has 0 aromatic heterocycles. The maximum absolute atomic E-state index is 13.6. The highest BCUT2D eigenvalue weighted by Crippen LogP contribution is 2.14.